The molecule has 0 aliphatic rings. The number of H-pyrrole nitrogens is 1. The largest absolute Gasteiger partial charge is 0.497 e. The molecule has 1 amide bonds. The average Bonchev–Trinajstić information content (AvgIpc) is 3.28. The van der Waals surface area contributed by atoms with Crippen LogP contribution in [0.2, 0.25) is 0 Å². The second-order valence-electron chi connectivity index (χ2n) is 5.27. The first kappa shape index (κ1) is 15.3. The average molecular weight is 350 g/mol. The van der Waals surface area contributed by atoms with Crippen LogP contribution in [0.5, 0.6) is 5.75 Å². The molecule has 6 nitrogen and oxygen atoms in total. The Morgan fingerprint density at radius 3 is 2.92 bits per heavy atom. The van der Waals surface area contributed by atoms with Crippen molar-refractivity contribution < 1.29 is 9.53 Å². The lowest BCUT2D eigenvalue weighted by Gasteiger charge is -2.04. The summed E-state index contributed by atoms with van der Waals surface area (Å²) in [7, 11) is 1.63. The highest BCUT2D eigenvalue weighted by Gasteiger charge is 2.12. The second-order valence-corrected chi connectivity index (χ2v) is 6.15. The number of thiazole rings is 1. The van der Waals surface area contributed by atoms with Gasteiger partial charge in [0.25, 0.3) is 5.91 Å². The lowest BCUT2D eigenvalue weighted by molar-refractivity contribution is 0.0999. The van der Waals surface area contributed by atoms with Gasteiger partial charge >= 0.3 is 0 Å². The zero-order chi connectivity index (χ0) is 17.2. The molecule has 0 atom stereocenters. The minimum absolute atomic E-state index is 0.302. The Morgan fingerprint density at radius 2 is 2.12 bits per heavy atom. The fourth-order valence-corrected chi connectivity index (χ4v) is 3.29. The van der Waals surface area contributed by atoms with Crippen molar-refractivity contribution >= 4 is 28.3 Å². The number of hydrogen-bond acceptors (Lipinski definition) is 4. The number of rotatable bonds is 3. The van der Waals surface area contributed by atoms with E-state index in [1.54, 1.807) is 25.6 Å². The van der Waals surface area contributed by atoms with Gasteiger partial charge in [0.2, 0.25) is 0 Å². The fraction of sp³-hybridized carbons (Fsp3) is 0.0556. The maximum atomic E-state index is 12.6. The number of aromatic nitrogens is 3. The van der Waals surface area contributed by atoms with Crippen LogP contribution in [0.3, 0.4) is 0 Å². The number of carbonyl (C=O) groups excluding carboxylic acids is 1. The van der Waals surface area contributed by atoms with Crippen molar-refractivity contribution in [2.24, 2.45) is 4.99 Å². The van der Waals surface area contributed by atoms with Gasteiger partial charge in [0.1, 0.15) is 11.4 Å². The van der Waals surface area contributed by atoms with E-state index >= 15 is 0 Å². The monoisotopic (exact) mass is 350 g/mol. The predicted molar refractivity (Wildman–Crippen MR) is 96.2 cm³/mol. The number of methoxy groups -OCH3 is 1. The van der Waals surface area contributed by atoms with E-state index in [0.29, 0.717) is 16.0 Å². The summed E-state index contributed by atoms with van der Waals surface area (Å²) in [5.74, 6) is 0.476. The molecule has 0 aliphatic carbocycles. The van der Waals surface area contributed by atoms with Crippen LogP contribution in [-0.4, -0.2) is 27.6 Å². The molecule has 0 unspecified atom stereocenters. The first-order valence-corrected chi connectivity index (χ1v) is 8.46. The van der Waals surface area contributed by atoms with E-state index in [-0.39, 0.29) is 5.91 Å². The molecule has 0 fully saturated rings. The molecule has 1 N–H and O–H groups in total. The van der Waals surface area contributed by atoms with E-state index in [0.717, 1.165) is 16.8 Å². The van der Waals surface area contributed by atoms with Crippen LogP contribution in [0.25, 0.3) is 16.7 Å². The van der Waals surface area contributed by atoms with Gasteiger partial charge in [-0.25, -0.2) is 4.98 Å². The van der Waals surface area contributed by atoms with Gasteiger partial charge in [0, 0.05) is 35.0 Å². The molecule has 7 heteroatoms. The molecule has 124 valence electrons. The van der Waals surface area contributed by atoms with Gasteiger partial charge in [-0.15, -0.1) is 11.3 Å². The van der Waals surface area contributed by atoms with E-state index in [4.69, 9.17) is 4.74 Å². The van der Waals surface area contributed by atoms with Crippen molar-refractivity contribution in [1.29, 1.82) is 0 Å². The number of amides is 1. The van der Waals surface area contributed by atoms with Crippen LogP contribution in [0.1, 0.15) is 10.4 Å². The Morgan fingerprint density at radius 1 is 1.28 bits per heavy atom. The van der Waals surface area contributed by atoms with Crippen LogP contribution >= 0.6 is 11.3 Å². The van der Waals surface area contributed by atoms with Gasteiger partial charge in [0.05, 0.1) is 12.7 Å². The normalized spacial score (nSPS) is 11.8. The van der Waals surface area contributed by atoms with Gasteiger partial charge < -0.3 is 9.72 Å². The minimum atomic E-state index is -0.302. The van der Waals surface area contributed by atoms with Gasteiger partial charge in [-0.1, -0.05) is 0 Å². The first-order valence-electron chi connectivity index (χ1n) is 7.58. The molecule has 3 heterocycles. The van der Waals surface area contributed by atoms with Crippen molar-refractivity contribution in [3.63, 3.8) is 0 Å². The highest BCUT2D eigenvalue weighted by Crippen LogP contribution is 2.17. The smallest absolute Gasteiger partial charge is 0.281 e. The lowest BCUT2D eigenvalue weighted by Crippen LogP contribution is -2.14. The number of carbonyl (C=O) groups is 1. The number of aromatic amines is 1. The standard InChI is InChI=1S/C18H14N4O2S/c1-24-13-6-4-12(5-7-13)22-9-10-25-18(22)21-17(23)15-11-20-16-14(15)3-2-8-19-16/h2-11H,1H3,(H,19,20)/b21-18-. The summed E-state index contributed by atoms with van der Waals surface area (Å²) in [6, 6.07) is 11.2. The maximum Gasteiger partial charge on any atom is 0.281 e. The summed E-state index contributed by atoms with van der Waals surface area (Å²) >= 11 is 1.40. The second kappa shape index (κ2) is 6.37. The van der Waals surface area contributed by atoms with Crippen LogP contribution in [0.4, 0.5) is 0 Å². The molecule has 25 heavy (non-hydrogen) atoms. The molecule has 0 aliphatic heterocycles. The number of ether oxygens (including phenoxy) is 1. The third kappa shape index (κ3) is 2.85. The first-order chi connectivity index (χ1) is 12.3. The zero-order valence-corrected chi connectivity index (χ0v) is 14.2. The zero-order valence-electron chi connectivity index (χ0n) is 13.3. The summed E-state index contributed by atoms with van der Waals surface area (Å²) < 4.78 is 7.05. The van der Waals surface area contributed by atoms with Crippen molar-refractivity contribution in [2.45, 2.75) is 0 Å². The van der Waals surface area contributed by atoms with Gasteiger partial charge in [-0.05, 0) is 36.4 Å². The molecule has 0 spiro atoms. The van der Waals surface area contributed by atoms with Crippen LogP contribution in [0, 0.1) is 0 Å². The van der Waals surface area contributed by atoms with Gasteiger partial charge in [-0.2, -0.15) is 4.99 Å². The highest BCUT2D eigenvalue weighted by molar-refractivity contribution is 7.07. The molecule has 3 aromatic heterocycles. The number of fused-ring (bicyclic) bond motifs is 1. The molecule has 1 aromatic carbocycles. The number of nitrogens with zero attached hydrogens (tertiary/aromatic N) is 3. The highest BCUT2D eigenvalue weighted by atomic mass is 32.1. The van der Waals surface area contributed by atoms with Gasteiger partial charge in [0.15, 0.2) is 4.80 Å². The van der Waals surface area contributed by atoms with E-state index in [2.05, 4.69) is 15.0 Å². The number of benzene rings is 1. The van der Waals surface area contributed by atoms with Crippen molar-refractivity contribution in [3.05, 3.63) is 70.7 Å². The lowest BCUT2D eigenvalue weighted by atomic mass is 10.2. The molecule has 0 radical (unpaired) electrons. The van der Waals surface area contributed by atoms with Crippen molar-refractivity contribution in [2.75, 3.05) is 7.11 Å². The van der Waals surface area contributed by atoms with E-state index < -0.39 is 0 Å². The summed E-state index contributed by atoms with van der Waals surface area (Å²) in [6.45, 7) is 0. The summed E-state index contributed by atoms with van der Waals surface area (Å²) in [5, 5.41) is 2.66. The third-order valence-corrected chi connectivity index (χ3v) is 4.58. The Hall–Kier alpha value is -3.19. The number of hydrogen-bond donors (Lipinski definition) is 1. The van der Waals surface area contributed by atoms with E-state index in [1.807, 2.05) is 46.5 Å². The molecular weight excluding hydrogens is 336 g/mol. The molecule has 4 aromatic rings. The summed E-state index contributed by atoms with van der Waals surface area (Å²) in [5.41, 5.74) is 2.10. The van der Waals surface area contributed by atoms with Crippen LogP contribution in [-0.2, 0) is 0 Å². The number of pyridine rings is 1. The predicted octanol–water partition coefficient (Wildman–Crippen LogP) is 3.16. The summed E-state index contributed by atoms with van der Waals surface area (Å²) in [6.07, 6.45) is 5.21. The topological polar surface area (TPSA) is 72.3 Å². The van der Waals surface area contributed by atoms with Crippen molar-refractivity contribution in [3.8, 4) is 11.4 Å². The Kier molecular flexibility index (Phi) is 3.91. The fourth-order valence-electron chi connectivity index (χ4n) is 2.57. The molecule has 0 saturated heterocycles. The Bertz CT molecular complexity index is 1110. The third-order valence-electron chi connectivity index (χ3n) is 3.82. The maximum absolute atomic E-state index is 12.6. The molecule has 0 bridgehead atoms. The SMILES string of the molecule is COc1ccc(-n2ccs/c2=N\C(=O)c2c[nH]c3ncccc23)cc1. The van der Waals surface area contributed by atoms with E-state index in [9.17, 15) is 4.79 Å². The quantitative estimate of drug-likeness (QED) is 0.617. The van der Waals surface area contributed by atoms with Crippen LogP contribution < -0.4 is 9.54 Å². The Labute approximate surface area is 147 Å². The minimum Gasteiger partial charge on any atom is -0.497 e. The molecule has 4 rings (SSSR count). The number of nitrogens with one attached hydrogen (secondary N) is 1. The Balaban J connectivity index is 1.75. The molecular formula is C18H14N4O2S. The van der Waals surface area contributed by atoms with Gasteiger partial charge in [-0.3, -0.25) is 9.36 Å². The van der Waals surface area contributed by atoms with Crippen molar-refractivity contribution in [1.82, 2.24) is 14.5 Å². The molecule has 0 saturated carbocycles. The summed E-state index contributed by atoms with van der Waals surface area (Å²) in [4.78, 5) is 24.7. The van der Waals surface area contributed by atoms with E-state index in [1.165, 1.54) is 11.3 Å². The van der Waals surface area contributed by atoms with Crippen LogP contribution in [0.15, 0.2) is 65.4 Å².